The molecule has 2 nitrogen and oxygen atoms in total. The van der Waals surface area contributed by atoms with Crippen LogP contribution in [0.5, 0.6) is 0 Å². The van der Waals surface area contributed by atoms with E-state index in [1.54, 1.807) is 6.07 Å². The Kier molecular flexibility index (Phi) is 5.40. The van der Waals surface area contributed by atoms with Gasteiger partial charge in [-0.1, -0.05) is 47.5 Å². The molecule has 0 radical (unpaired) electrons. The standard InChI is InChI=1S/C18H20ClNO/c1-13-6-9-15(10-7-13)4-3-5-18(21)20-17-12-16(19)11-8-14(17)2/h6-12H,3-5H2,1-2H3,(H,20,21). The minimum atomic E-state index is 0.0347. The molecule has 0 aliphatic heterocycles. The summed E-state index contributed by atoms with van der Waals surface area (Å²) < 4.78 is 0. The molecular formula is C18H20ClNO. The molecular weight excluding hydrogens is 282 g/mol. The predicted molar refractivity (Wildman–Crippen MR) is 88.9 cm³/mol. The van der Waals surface area contributed by atoms with Crippen LogP contribution in [0.15, 0.2) is 42.5 Å². The second-order valence-electron chi connectivity index (χ2n) is 5.35. The summed E-state index contributed by atoms with van der Waals surface area (Å²) >= 11 is 5.95. The summed E-state index contributed by atoms with van der Waals surface area (Å²) in [7, 11) is 0. The lowest BCUT2D eigenvalue weighted by molar-refractivity contribution is -0.116. The molecule has 0 aliphatic carbocycles. The van der Waals surface area contributed by atoms with Gasteiger partial charge in [0.15, 0.2) is 0 Å². The Bertz CT molecular complexity index is 620. The van der Waals surface area contributed by atoms with Crippen LogP contribution in [0.2, 0.25) is 5.02 Å². The van der Waals surface area contributed by atoms with Gasteiger partial charge in [-0.3, -0.25) is 4.79 Å². The maximum Gasteiger partial charge on any atom is 0.224 e. The average Bonchev–Trinajstić information content (AvgIpc) is 2.45. The number of amides is 1. The summed E-state index contributed by atoms with van der Waals surface area (Å²) in [6.45, 7) is 4.03. The minimum Gasteiger partial charge on any atom is -0.326 e. The summed E-state index contributed by atoms with van der Waals surface area (Å²) in [5.41, 5.74) is 4.34. The molecule has 3 heteroatoms. The van der Waals surface area contributed by atoms with Gasteiger partial charge < -0.3 is 5.32 Å². The molecule has 0 spiro atoms. The van der Waals surface area contributed by atoms with Gasteiger partial charge in [-0.2, -0.15) is 0 Å². The van der Waals surface area contributed by atoms with Crippen LogP contribution in [0.4, 0.5) is 5.69 Å². The minimum absolute atomic E-state index is 0.0347. The molecule has 110 valence electrons. The molecule has 0 saturated heterocycles. The summed E-state index contributed by atoms with van der Waals surface area (Å²) in [6.07, 6.45) is 2.27. The highest BCUT2D eigenvalue weighted by Crippen LogP contribution is 2.20. The number of halogens is 1. The van der Waals surface area contributed by atoms with Crippen LogP contribution >= 0.6 is 11.6 Å². The van der Waals surface area contributed by atoms with Crippen molar-refractivity contribution in [1.29, 1.82) is 0 Å². The van der Waals surface area contributed by atoms with Crippen molar-refractivity contribution < 1.29 is 4.79 Å². The van der Waals surface area contributed by atoms with Crippen molar-refractivity contribution in [2.45, 2.75) is 33.1 Å². The quantitative estimate of drug-likeness (QED) is 0.834. The third kappa shape index (κ3) is 4.91. The van der Waals surface area contributed by atoms with Gasteiger partial charge in [0.25, 0.3) is 0 Å². The zero-order chi connectivity index (χ0) is 15.2. The Balaban J connectivity index is 1.82. The molecule has 0 atom stereocenters. The number of rotatable bonds is 5. The van der Waals surface area contributed by atoms with Crippen molar-refractivity contribution in [2.75, 3.05) is 5.32 Å². The van der Waals surface area contributed by atoms with Crippen LogP contribution in [0.1, 0.15) is 29.5 Å². The maximum atomic E-state index is 12.0. The van der Waals surface area contributed by atoms with Crippen molar-refractivity contribution in [2.24, 2.45) is 0 Å². The number of hydrogen-bond donors (Lipinski definition) is 1. The Labute approximate surface area is 131 Å². The van der Waals surface area contributed by atoms with Crippen molar-refractivity contribution in [1.82, 2.24) is 0 Å². The van der Waals surface area contributed by atoms with Gasteiger partial charge in [-0.05, 0) is 49.9 Å². The molecule has 0 fully saturated rings. The third-order valence-electron chi connectivity index (χ3n) is 3.46. The van der Waals surface area contributed by atoms with E-state index in [0.29, 0.717) is 11.4 Å². The van der Waals surface area contributed by atoms with Crippen LogP contribution < -0.4 is 5.32 Å². The lowest BCUT2D eigenvalue weighted by atomic mass is 10.1. The van der Waals surface area contributed by atoms with Crippen LogP contribution in [-0.2, 0) is 11.2 Å². The molecule has 0 aromatic heterocycles. The second kappa shape index (κ2) is 7.28. The molecule has 0 bridgehead atoms. The van der Waals surface area contributed by atoms with Crippen LogP contribution in [0, 0.1) is 13.8 Å². The van der Waals surface area contributed by atoms with E-state index in [9.17, 15) is 4.79 Å². The molecule has 0 aliphatic rings. The molecule has 1 amide bonds. The van der Waals surface area contributed by atoms with Crippen LogP contribution in [0.25, 0.3) is 0 Å². The van der Waals surface area contributed by atoms with Crippen molar-refractivity contribution >= 4 is 23.2 Å². The molecule has 2 aromatic rings. The maximum absolute atomic E-state index is 12.0. The zero-order valence-corrected chi connectivity index (χ0v) is 13.2. The summed E-state index contributed by atoms with van der Waals surface area (Å²) in [5.74, 6) is 0.0347. The van der Waals surface area contributed by atoms with E-state index < -0.39 is 0 Å². The van der Waals surface area contributed by atoms with Gasteiger partial charge in [0.2, 0.25) is 5.91 Å². The van der Waals surface area contributed by atoms with E-state index >= 15 is 0 Å². The lowest BCUT2D eigenvalue weighted by Gasteiger charge is -2.09. The van der Waals surface area contributed by atoms with Crippen molar-refractivity contribution in [3.63, 3.8) is 0 Å². The highest BCUT2D eigenvalue weighted by Gasteiger charge is 2.05. The normalized spacial score (nSPS) is 10.4. The van der Waals surface area contributed by atoms with Gasteiger partial charge in [0.1, 0.15) is 0 Å². The van der Waals surface area contributed by atoms with Crippen molar-refractivity contribution in [3.05, 3.63) is 64.2 Å². The van der Waals surface area contributed by atoms with E-state index in [1.807, 2.05) is 19.1 Å². The van der Waals surface area contributed by atoms with E-state index in [1.165, 1.54) is 11.1 Å². The Morgan fingerprint density at radius 3 is 2.52 bits per heavy atom. The predicted octanol–water partition coefficient (Wildman–Crippen LogP) is 4.92. The fourth-order valence-electron chi connectivity index (χ4n) is 2.15. The SMILES string of the molecule is Cc1ccc(CCCC(=O)Nc2cc(Cl)ccc2C)cc1. The first-order chi connectivity index (χ1) is 10.0. The Hall–Kier alpha value is -1.80. The highest BCUT2D eigenvalue weighted by atomic mass is 35.5. The van der Waals surface area contributed by atoms with Gasteiger partial charge in [0.05, 0.1) is 0 Å². The lowest BCUT2D eigenvalue weighted by Crippen LogP contribution is -2.12. The van der Waals surface area contributed by atoms with Gasteiger partial charge in [-0.15, -0.1) is 0 Å². The monoisotopic (exact) mass is 301 g/mol. The largest absolute Gasteiger partial charge is 0.326 e. The van der Waals surface area contributed by atoms with E-state index in [4.69, 9.17) is 11.6 Å². The summed E-state index contributed by atoms with van der Waals surface area (Å²) in [6, 6.07) is 14.0. The van der Waals surface area contributed by atoms with Crippen LogP contribution in [-0.4, -0.2) is 5.91 Å². The second-order valence-corrected chi connectivity index (χ2v) is 5.78. The topological polar surface area (TPSA) is 29.1 Å². The van der Waals surface area contributed by atoms with E-state index in [-0.39, 0.29) is 5.91 Å². The van der Waals surface area contributed by atoms with Gasteiger partial charge in [-0.25, -0.2) is 0 Å². The Morgan fingerprint density at radius 1 is 1.10 bits per heavy atom. The zero-order valence-electron chi connectivity index (χ0n) is 12.4. The smallest absolute Gasteiger partial charge is 0.224 e. The van der Waals surface area contributed by atoms with E-state index in [2.05, 4.69) is 36.5 Å². The number of carbonyl (C=O) groups excluding carboxylic acids is 1. The number of benzene rings is 2. The first-order valence-electron chi connectivity index (χ1n) is 7.16. The number of hydrogen-bond acceptors (Lipinski definition) is 1. The molecule has 2 rings (SSSR count). The molecule has 2 aromatic carbocycles. The summed E-state index contributed by atoms with van der Waals surface area (Å²) in [5, 5.41) is 3.56. The molecule has 0 unspecified atom stereocenters. The first-order valence-corrected chi connectivity index (χ1v) is 7.54. The fraction of sp³-hybridized carbons (Fsp3) is 0.278. The van der Waals surface area contributed by atoms with Gasteiger partial charge in [0, 0.05) is 17.1 Å². The highest BCUT2D eigenvalue weighted by molar-refractivity contribution is 6.31. The fourth-order valence-corrected chi connectivity index (χ4v) is 2.32. The van der Waals surface area contributed by atoms with Gasteiger partial charge >= 0.3 is 0 Å². The number of aryl methyl sites for hydroxylation is 3. The van der Waals surface area contributed by atoms with E-state index in [0.717, 1.165) is 24.1 Å². The average molecular weight is 302 g/mol. The number of nitrogens with one attached hydrogen (secondary N) is 1. The molecule has 0 heterocycles. The molecule has 0 saturated carbocycles. The molecule has 1 N–H and O–H groups in total. The number of carbonyl (C=O) groups is 1. The first kappa shape index (κ1) is 15.6. The Morgan fingerprint density at radius 2 is 1.81 bits per heavy atom. The third-order valence-corrected chi connectivity index (χ3v) is 3.70. The van der Waals surface area contributed by atoms with Crippen LogP contribution in [0.3, 0.4) is 0 Å². The van der Waals surface area contributed by atoms with Crippen molar-refractivity contribution in [3.8, 4) is 0 Å². The molecule has 21 heavy (non-hydrogen) atoms. The number of anilines is 1. The summed E-state index contributed by atoms with van der Waals surface area (Å²) in [4.78, 5) is 12.0.